The number of carboxylic acids is 1. The van der Waals surface area contributed by atoms with Gasteiger partial charge in [-0.15, -0.1) is 0 Å². The van der Waals surface area contributed by atoms with Gasteiger partial charge in [-0.1, -0.05) is 0 Å². The Balaban J connectivity index is 2.04. The molecule has 0 radical (unpaired) electrons. The molecule has 94 valence electrons. The lowest BCUT2D eigenvalue weighted by Gasteiger charge is -2.11. The topological polar surface area (TPSA) is 88.2 Å². The number of nitrogens with one attached hydrogen (secondary N) is 1. The summed E-state index contributed by atoms with van der Waals surface area (Å²) in [6, 6.07) is 3.65. The summed E-state index contributed by atoms with van der Waals surface area (Å²) >= 11 is 0. The Morgan fingerprint density at radius 1 is 1.61 bits per heavy atom. The first-order chi connectivity index (χ1) is 8.68. The van der Waals surface area contributed by atoms with Gasteiger partial charge in [0.2, 0.25) is 0 Å². The molecule has 0 aliphatic heterocycles. The number of furan rings is 1. The minimum atomic E-state index is -1.03. The van der Waals surface area contributed by atoms with E-state index in [4.69, 9.17) is 9.52 Å². The van der Waals surface area contributed by atoms with E-state index in [0.717, 1.165) is 5.76 Å². The zero-order chi connectivity index (χ0) is 13.0. The molecule has 2 rings (SSSR count). The molecule has 0 unspecified atom stereocenters. The highest BCUT2D eigenvalue weighted by atomic mass is 16.4. The molecule has 18 heavy (non-hydrogen) atoms. The third-order valence-corrected chi connectivity index (χ3v) is 2.57. The molecular formula is C12H13N3O3. The number of nitrogens with zero attached hydrogens (tertiary/aromatic N) is 2. The van der Waals surface area contributed by atoms with Gasteiger partial charge in [-0.2, -0.15) is 0 Å². The summed E-state index contributed by atoms with van der Waals surface area (Å²) in [6.07, 6.45) is 4.23. The molecule has 2 heterocycles. The second-order valence-corrected chi connectivity index (χ2v) is 3.81. The van der Waals surface area contributed by atoms with Crippen LogP contribution in [0.3, 0.4) is 0 Å². The molecule has 6 nitrogen and oxygen atoms in total. The number of hydrogen-bond donors (Lipinski definition) is 2. The fourth-order valence-corrected chi connectivity index (χ4v) is 1.56. The number of carbonyl (C=O) groups is 1. The predicted molar refractivity (Wildman–Crippen MR) is 63.0 cm³/mol. The minimum absolute atomic E-state index is 0.0170. The average molecular weight is 247 g/mol. The van der Waals surface area contributed by atoms with Crippen molar-refractivity contribution in [3.63, 3.8) is 0 Å². The van der Waals surface area contributed by atoms with E-state index in [0.29, 0.717) is 12.2 Å². The van der Waals surface area contributed by atoms with E-state index in [2.05, 4.69) is 15.3 Å². The number of hydrogen-bond acceptors (Lipinski definition) is 5. The normalized spacial score (nSPS) is 12.3. The predicted octanol–water partition coefficient (Wildman–Crippen LogP) is 1.62. The first kappa shape index (κ1) is 12.3. The zero-order valence-corrected chi connectivity index (χ0v) is 9.83. The Morgan fingerprint density at radius 2 is 2.44 bits per heavy atom. The molecule has 0 fully saturated rings. The first-order valence-electron chi connectivity index (χ1n) is 5.47. The van der Waals surface area contributed by atoms with Gasteiger partial charge in [-0.05, 0) is 19.1 Å². The van der Waals surface area contributed by atoms with Crippen LogP contribution in [0.5, 0.6) is 0 Å². The standard InChI is InChI=1S/C12H13N3O3/c1-8(11-3-2-4-18-11)14-6-10-9(12(16)17)5-13-7-15-10/h2-5,7-8,14H,6H2,1H3,(H,16,17)/t8-/m1/s1. The van der Waals surface area contributed by atoms with Crippen molar-refractivity contribution < 1.29 is 14.3 Å². The molecule has 2 aromatic rings. The highest BCUT2D eigenvalue weighted by molar-refractivity contribution is 5.88. The maximum absolute atomic E-state index is 11.0. The monoisotopic (exact) mass is 247 g/mol. The molecule has 1 atom stereocenters. The maximum atomic E-state index is 11.0. The fraction of sp³-hybridized carbons (Fsp3) is 0.250. The Bertz CT molecular complexity index is 525. The van der Waals surface area contributed by atoms with Crippen molar-refractivity contribution in [1.29, 1.82) is 0 Å². The summed E-state index contributed by atoms with van der Waals surface area (Å²) < 4.78 is 5.25. The molecule has 2 N–H and O–H groups in total. The highest BCUT2D eigenvalue weighted by Gasteiger charge is 2.13. The molecule has 2 aromatic heterocycles. The Hall–Kier alpha value is -2.21. The van der Waals surface area contributed by atoms with E-state index in [9.17, 15) is 4.79 Å². The van der Waals surface area contributed by atoms with Gasteiger partial charge in [0.05, 0.1) is 18.0 Å². The molecule has 0 aromatic carbocycles. The molecule has 0 amide bonds. The molecule has 6 heteroatoms. The van der Waals surface area contributed by atoms with Crippen LogP contribution in [-0.2, 0) is 6.54 Å². The molecule has 0 saturated carbocycles. The van der Waals surface area contributed by atoms with Crippen LogP contribution in [0.15, 0.2) is 35.3 Å². The fourth-order valence-electron chi connectivity index (χ4n) is 1.56. The van der Waals surface area contributed by atoms with Gasteiger partial charge < -0.3 is 14.8 Å². The van der Waals surface area contributed by atoms with Gasteiger partial charge in [0.25, 0.3) is 0 Å². The highest BCUT2D eigenvalue weighted by Crippen LogP contribution is 2.13. The molecule has 0 spiro atoms. The van der Waals surface area contributed by atoms with E-state index < -0.39 is 5.97 Å². The third kappa shape index (κ3) is 2.72. The van der Waals surface area contributed by atoms with Crippen LogP contribution >= 0.6 is 0 Å². The van der Waals surface area contributed by atoms with E-state index >= 15 is 0 Å². The van der Waals surface area contributed by atoms with Crippen molar-refractivity contribution in [2.24, 2.45) is 0 Å². The second kappa shape index (κ2) is 5.42. The van der Waals surface area contributed by atoms with Gasteiger partial charge in [0, 0.05) is 12.7 Å². The van der Waals surface area contributed by atoms with Crippen LogP contribution in [0.2, 0.25) is 0 Å². The lowest BCUT2D eigenvalue weighted by molar-refractivity contribution is 0.0694. The SMILES string of the molecule is C[C@@H](NCc1ncncc1C(=O)O)c1ccco1. The van der Waals surface area contributed by atoms with Gasteiger partial charge in [0.1, 0.15) is 17.7 Å². The molecular weight excluding hydrogens is 234 g/mol. The summed E-state index contributed by atoms with van der Waals surface area (Å²) in [4.78, 5) is 18.6. The lowest BCUT2D eigenvalue weighted by atomic mass is 10.2. The van der Waals surface area contributed by atoms with Crippen molar-refractivity contribution in [3.05, 3.63) is 47.9 Å². The number of aromatic nitrogens is 2. The summed E-state index contributed by atoms with van der Waals surface area (Å²) in [5, 5.41) is 12.1. The van der Waals surface area contributed by atoms with Gasteiger partial charge >= 0.3 is 5.97 Å². The molecule has 0 saturated heterocycles. The lowest BCUT2D eigenvalue weighted by Crippen LogP contribution is -2.20. The third-order valence-electron chi connectivity index (χ3n) is 2.57. The van der Waals surface area contributed by atoms with Crippen LogP contribution in [0.4, 0.5) is 0 Å². The van der Waals surface area contributed by atoms with Crippen LogP contribution < -0.4 is 5.32 Å². The summed E-state index contributed by atoms with van der Waals surface area (Å²) in [6.45, 7) is 2.27. The second-order valence-electron chi connectivity index (χ2n) is 3.81. The van der Waals surface area contributed by atoms with Gasteiger partial charge in [-0.3, -0.25) is 0 Å². The molecule has 0 aliphatic rings. The van der Waals surface area contributed by atoms with Crippen molar-refractivity contribution in [2.45, 2.75) is 19.5 Å². The smallest absolute Gasteiger partial charge is 0.339 e. The molecule has 0 bridgehead atoms. The Morgan fingerprint density at radius 3 is 3.11 bits per heavy atom. The van der Waals surface area contributed by atoms with E-state index in [1.54, 1.807) is 12.3 Å². The summed E-state index contributed by atoms with van der Waals surface area (Å²) in [5.41, 5.74) is 0.563. The van der Waals surface area contributed by atoms with Crippen LogP contribution in [0, 0.1) is 0 Å². The van der Waals surface area contributed by atoms with Crippen molar-refractivity contribution in [1.82, 2.24) is 15.3 Å². The van der Waals surface area contributed by atoms with E-state index in [1.165, 1.54) is 12.5 Å². The van der Waals surface area contributed by atoms with Crippen LogP contribution in [-0.4, -0.2) is 21.0 Å². The van der Waals surface area contributed by atoms with Gasteiger partial charge in [0.15, 0.2) is 0 Å². The summed E-state index contributed by atoms with van der Waals surface area (Å²) in [7, 11) is 0. The quantitative estimate of drug-likeness (QED) is 0.834. The number of rotatable bonds is 5. The number of aromatic carboxylic acids is 1. The maximum Gasteiger partial charge on any atom is 0.339 e. The van der Waals surface area contributed by atoms with Gasteiger partial charge in [-0.25, -0.2) is 14.8 Å². The Labute approximate surface area is 104 Å². The first-order valence-corrected chi connectivity index (χ1v) is 5.47. The van der Waals surface area contributed by atoms with E-state index in [1.807, 2.05) is 13.0 Å². The zero-order valence-electron chi connectivity index (χ0n) is 9.83. The van der Waals surface area contributed by atoms with Crippen molar-refractivity contribution in [2.75, 3.05) is 0 Å². The van der Waals surface area contributed by atoms with Crippen molar-refractivity contribution in [3.8, 4) is 0 Å². The van der Waals surface area contributed by atoms with Crippen molar-refractivity contribution >= 4 is 5.97 Å². The minimum Gasteiger partial charge on any atom is -0.478 e. The summed E-state index contributed by atoms with van der Waals surface area (Å²) in [5.74, 6) is -0.237. The van der Waals surface area contributed by atoms with E-state index in [-0.39, 0.29) is 11.6 Å². The van der Waals surface area contributed by atoms with Crippen LogP contribution in [0.1, 0.15) is 34.8 Å². The number of carboxylic acid groups (broad SMARTS) is 1. The molecule has 0 aliphatic carbocycles. The average Bonchev–Trinajstić information content (AvgIpc) is 2.90. The van der Waals surface area contributed by atoms with Crippen LogP contribution in [0.25, 0.3) is 0 Å². The Kier molecular flexibility index (Phi) is 3.69. The largest absolute Gasteiger partial charge is 0.478 e.